The summed E-state index contributed by atoms with van der Waals surface area (Å²) in [4.78, 5) is 13.3. The van der Waals surface area contributed by atoms with Crippen molar-refractivity contribution in [3.05, 3.63) is 12.2 Å². The third-order valence-electron chi connectivity index (χ3n) is 12.7. The first-order chi connectivity index (χ1) is 15.9. The predicted molar refractivity (Wildman–Crippen MR) is 124 cm³/mol. The molecule has 6 heteroatoms. The van der Waals surface area contributed by atoms with E-state index in [1.807, 2.05) is 19.9 Å². The molecular formula is C28H40O6. The van der Waals surface area contributed by atoms with Crippen LogP contribution in [0.4, 0.5) is 0 Å². The van der Waals surface area contributed by atoms with E-state index in [1.165, 1.54) is 0 Å². The van der Waals surface area contributed by atoms with E-state index in [0.29, 0.717) is 30.1 Å². The molecule has 6 fully saturated rings. The maximum Gasteiger partial charge on any atom is 0.186 e. The molecular weight excluding hydrogens is 432 g/mol. The molecule has 7 rings (SSSR count). The van der Waals surface area contributed by atoms with Crippen LogP contribution in [0, 0.1) is 40.4 Å². The number of ketones is 1. The van der Waals surface area contributed by atoms with E-state index in [1.54, 1.807) is 6.08 Å². The molecule has 0 spiro atoms. The molecule has 0 unspecified atom stereocenters. The third-order valence-corrected chi connectivity index (χ3v) is 12.7. The largest absolute Gasteiger partial charge is 0.386 e. The van der Waals surface area contributed by atoms with Gasteiger partial charge in [0.05, 0.1) is 17.6 Å². The van der Waals surface area contributed by atoms with E-state index in [4.69, 9.17) is 14.2 Å². The molecule has 4 aliphatic carbocycles. The van der Waals surface area contributed by atoms with Crippen LogP contribution in [0.2, 0.25) is 0 Å². The number of fused-ring (bicyclic) bond motifs is 9. The number of carbonyl (C=O) groups excluding carboxylic acids is 1. The number of hydrogen-bond acceptors (Lipinski definition) is 6. The first-order valence-electron chi connectivity index (χ1n) is 13.5. The topological polar surface area (TPSA) is 91.8 Å². The highest BCUT2D eigenvalue weighted by atomic mass is 16.7. The minimum absolute atomic E-state index is 0.0159. The van der Waals surface area contributed by atoms with Crippen molar-refractivity contribution in [2.24, 2.45) is 40.4 Å². The minimum Gasteiger partial charge on any atom is -0.386 e. The van der Waals surface area contributed by atoms with Crippen LogP contribution in [0.5, 0.6) is 0 Å². The summed E-state index contributed by atoms with van der Waals surface area (Å²) < 4.78 is 18.4. The van der Waals surface area contributed by atoms with E-state index in [0.717, 1.165) is 32.1 Å². The Kier molecular flexibility index (Phi) is 4.20. The Labute approximate surface area is 202 Å². The third kappa shape index (κ3) is 2.35. The normalized spacial score (nSPS) is 64.3. The summed E-state index contributed by atoms with van der Waals surface area (Å²) in [5, 5.41) is 22.4. The Morgan fingerprint density at radius 3 is 2.59 bits per heavy atom. The summed E-state index contributed by atoms with van der Waals surface area (Å²) in [6.45, 7) is 10.8. The van der Waals surface area contributed by atoms with E-state index in [-0.39, 0.29) is 41.0 Å². The molecule has 14 atom stereocenters. The Morgan fingerprint density at radius 2 is 1.85 bits per heavy atom. The van der Waals surface area contributed by atoms with Crippen molar-refractivity contribution in [2.45, 2.75) is 115 Å². The lowest BCUT2D eigenvalue weighted by Crippen LogP contribution is -2.67. The van der Waals surface area contributed by atoms with Crippen molar-refractivity contribution in [1.29, 1.82) is 0 Å². The van der Waals surface area contributed by atoms with Gasteiger partial charge in [-0.05, 0) is 94.0 Å². The molecule has 3 saturated carbocycles. The Balaban J connectivity index is 1.18. The lowest BCUT2D eigenvalue weighted by atomic mass is 9.43. The summed E-state index contributed by atoms with van der Waals surface area (Å²) in [5.74, 6) is 1.88. The van der Waals surface area contributed by atoms with Crippen molar-refractivity contribution in [2.75, 3.05) is 0 Å². The summed E-state index contributed by atoms with van der Waals surface area (Å²) in [5.41, 5.74) is -2.55. The number of allylic oxidation sites excluding steroid dienone is 1. The van der Waals surface area contributed by atoms with Crippen LogP contribution < -0.4 is 0 Å². The monoisotopic (exact) mass is 472 g/mol. The SMILES string of the molecule is C[C@@H]([C@H]1CC[C@H]2[C@@H]3[C@@H]4O[C@@H]4[C@@]4(O)CC=CC(=O)[C@]4(C)[C@H]3CC[C@]12C)[C@H]1C[C@]2(C)O[C@]2(C)[C@H](O)O1. The van der Waals surface area contributed by atoms with Crippen molar-refractivity contribution in [1.82, 2.24) is 0 Å². The van der Waals surface area contributed by atoms with Gasteiger partial charge in [-0.25, -0.2) is 0 Å². The first-order valence-corrected chi connectivity index (χ1v) is 13.5. The number of aliphatic hydroxyl groups is 2. The Bertz CT molecular complexity index is 980. The molecule has 34 heavy (non-hydrogen) atoms. The molecule has 188 valence electrons. The van der Waals surface area contributed by atoms with Gasteiger partial charge in [-0.2, -0.15) is 0 Å². The second-order valence-electron chi connectivity index (χ2n) is 13.7. The zero-order valence-electron chi connectivity index (χ0n) is 21.1. The molecule has 0 bridgehead atoms. The van der Waals surface area contributed by atoms with Gasteiger partial charge in [0.15, 0.2) is 12.1 Å². The zero-order valence-corrected chi connectivity index (χ0v) is 21.1. The maximum atomic E-state index is 13.3. The van der Waals surface area contributed by atoms with Crippen LogP contribution in [0.15, 0.2) is 12.2 Å². The van der Waals surface area contributed by atoms with Gasteiger partial charge in [0.1, 0.15) is 22.9 Å². The van der Waals surface area contributed by atoms with Crippen LogP contribution in [0.1, 0.15) is 73.1 Å². The summed E-state index contributed by atoms with van der Waals surface area (Å²) >= 11 is 0. The smallest absolute Gasteiger partial charge is 0.186 e. The van der Waals surface area contributed by atoms with E-state index in [2.05, 4.69) is 20.8 Å². The van der Waals surface area contributed by atoms with Gasteiger partial charge in [-0.15, -0.1) is 0 Å². The highest BCUT2D eigenvalue weighted by molar-refractivity contribution is 5.97. The van der Waals surface area contributed by atoms with Gasteiger partial charge in [-0.3, -0.25) is 4.79 Å². The fourth-order valence-electron chi connectivity index (χ4n) is 10.2. The average molecular weight is 473 g/mol. The number of carbonyl (C=O) groups is 1. The second-order valence-corrected chi connectivity index (χ2v) is 13.7. The maximum absolute atomic E-state index is 13.3. The first kappa shape index (κ1) is 22.4. The highest BCUT2D eigenvalue weighted by Gasteiger charge is 2.78. The lowest BCUT2D eigenvalue weighted by molar-refractivity contribution is -0.205. The van der Waals surface area contributed by atoms with Gasteiger partial charge in [0.2, 0.25) is 0 Å². The summed E-state index contributed by atoms with van der Waals surface area (Å²) in [7, 11) is 0. The molecule has 0 aromatic carbocycles. The van der Waals surface area contributed by atoms with E-state index >= 15 is 0 Å². The molecule has 3 saturated heterocycles. The molecule has 7 aliphatic rings. The number of aliphatic hydroxyl groups excluding tert-OH is 1. The van der Waals surface area contributed by atoms with Crippen LogP contribution >= 0.6 is 0 Å². The van der Waals surface area contributed by atoms with E-state index in [9.17, 15) is 15.0 Å². The molecule has 6 nitrogen and oxygen atoms in total. The fourth-order valence-corrected chi connectivity index (χ4v) is 10.2. The standard InChI is InChI=1S/C28H40O6/c1-14(18-13-25(3)27(5,34-25)23(30)32-18)15-8-9-16-20-17(10-12-24(15,16)2)26(4)19(29)7-6-11-28(26,31)22-21(20)33-22/h6-7,14-18,20-23,30-31H,8-13H2,1-5H3/t14-,15+,16-,17-,18+,20-,21-,22-,23+,24+,25-,26-,27+,28-/m0/s1. The van der Waals surface area contributed by atoms with Crippen molar-refractivity contribution < 1.29 is 29.2 Å². The molecule has 3 heterocycles. The summed E-state index contributed by atoms with van der Waals surface area (Å²) in [6.07, 6.45) is 8.17. The Morgan fingerprint density at radius 1 is 1.09 bits per heavy atom. The van der Waals surface area contributed by atoms with Crippen molar-refractivity contribution >= 4 is 5.78 Å². The highest BCUT2D eigenvalue weighted by Crippen LogP contribution is 2.72. The zero-order chi connectivity index (χ0) is 24.1. The molecule has 0 amide bonds. The predicted octanol–water partition coefficient (Wildman–Crippen LogP) is 3.38. The van der Waals surface area contributed by atoms with Gasteiger partial charge in [-0.1, -0.05) is 19.9 Å². The summed E-state index contributed by atoms with van der Waals surface area (Å²) in [6, 6.07) is 0. The van der Waals surface area contributed by atoms with Gasteiger partial charge in [0.25, 0.3) is 0 Å². The lowest BCUT2D eigenvalue weighted by Gasteiger charge is -2.60. The number of epoxide rings is 2. The minimum atomic E-state index is -1.07. The van der Waals surface area contributed by atoms with Crippen LogP contribution in [-0.4, -0.2) is 57.4 Å². The van der Waals surface area contributed by atoms with Gasteiger partial charge < -0.3 is 24.4 Å². The quantitative estimate of drug-likeness (QED) is 0.599. The van der Waals surface area contributed by atoms with Crippen LogP contribution in [-0.2, 0) is 19.0 Å². The van der Waals surface area contributed by atoms with Crippen LogP contribution in [0.25, 0.3) is 0 Å². The molecule has 0 aromatic rings. The number of ether oxygens (including phenoxy) is 3. The molecule has 0 radical (unpaired) electrons. The van der Waals surface area contributed by atoms with Gasteiger partial charge >= 0.3 is 0 Å². The number of hydrogen-bond donors (Lipinski definition) is 2. The van der Waals surface area contributed by atoms with Gasteiger partial charge in [0, 0.05) is 6.42 Å². The average Bonchev–Trinajstić information content (AvgIpc) is 3.64. The number of rotatable bonds is 2. The van der Waals surface area contributed by atoms with Crippen molar-refractivity contribution in [3.8, 4) is 0 Å². The second kappa shape index (κ2) is 6.36. The molecule has 2 N–H and O–H groups in total. The molecule has 0 aromatic heterocycles. The van der Waals surface area contributed by atoms with Crippen molar-refractivity contribution in [3.63, 3.8) is 0 Å². The Hall–Kier alpha value is -0.790. The fraction of sp³-hybridized carbons (Fsp3) is 0.893. The van der Waals surface area contributed by atoms with Crippen LogP contribution in [0.3, 0.4) is 0 Å². The molecule has 3 aliphatic heterocycles. The van der Waals surface area contributed by atoms with E-state index < -0.39 is 22.9 Å².